The van der Waals surface area contributed by atoms with Gasteiger partial charge in [0.25, 0.3) is 0 Å². The van der Waals surface area contributed by atoms with E-state index in [-0.39, 0.29) is 11.9 Å². The number of aryl methyl sites for hydroxylation is 2. The molecule has 1 aliphatic heterocycles. The predicted molar refractivity (Wildman–Crippen MR) is 105 cm³/mol. The van der Waals surface area contributed by atoms with Gasteiger partial charge in [0, 0.05) is 7.05 Å². The maximum atomic E-state index is 11.6. The third kappa shape index (κ3) is 6.42. The van der Waals surface area contributed by atoms with E-state index in [4.69, 9.17) is 5.73 Å². The van der Waals surface area contributed by atoms with E-state index in [0.29, 0.717) is 12.4 Å². The first-order valence-corrected chi connectivity index (χ1v) is 8.65. The molecule has 2 aromatic carbocycles. The van der Waals surface area contributed by atoms with Crippen LogP contribution in [-0.4, -0.2) is 23.8 Å². The molecule has 2 N–H and O–H groups in total. The second-order valence-corrected chi connectivity index (χ2v) is 5.73. The number of carbonyl (C=O) groups is 1. The molecule has 0 aromatic heterocycles. The lowest BCUT2D eigenvalue weighted by atomic mass is 10.0. The molecule has 3 rings (SSSR count). The van der Waals surface area contributed by atoms with Crippen molar-refractivity contribution in [2.45, 2.75) is 40.2 Å². The lowest BCUT2D eigenvalue weighted by Crippen LogP contribution is -2.42. The van der Waals surface area contributed by atoms with E-state index in [1.807, 2.05) is 63.2 Å². The van der Waals surface area contributed by atoms with E-state index in [9.17, 15) is 4.79 Å². The number of carbonyl (C=O) groups excluding carboxylic acids is 1. The first-order chi connectivity index (χ1) is 12.0. The second kappa shape index (κ2) is 10.3. The van der Waals surface area contributed by atoms with E-state index < -0.39 is 0 Å². The van der Waals surface area contributed by atoms with Gasteiger partial charge in [-0.15, -0.1) is 0 Å². The molecule has 2 aromatic rings. The first kappa shape index (κ1) is 20.4. The van der Waals surface area contributed by atoms with Crippen LogP contribution in [0.2, 0.25) is 0 Å². The fourth-order valence-electron chi connectivity index (χ4n) is 2.33. The average Bonchev–Trinajstić information content (AvgIpc) is 2.62. The summed E-state index contributed by atoms with van der Waals surface area (Å²) in [6.45, 7) is 8.10. The molecular formula is C21H29N3O. The van der Waals surface area contributed by atoms with Gasteiger partial charge in [0.2, 0.25) is 5.91 Å². The van der Waals surface area contributed by atoms with Crippen LogP contribution in [0.5, 0.6) is 0 Å². The van der Waals surface area contributed by atoms with Crippen molar-refractivity contribution in [2.75, 3.05) is 7.05 Å². The third-order valence-electron chi connectivity index (χ3n) is 3.74. The van der Waals surface area contributed by atoms with E-state index in [1.54, 1.807) is 7.05 Å². The molecule has 0 saturated heterocycles. The topological polar surface area (TPSA) is 58.7 Å². The molecule has 4 nitrogen and oxygen atoms in total. The molecule has 1 heterocycles. The van der Waals surface area contributed by atoms with Gasteiger partial charge in [-0.05, 0) is 19.4 Å². The van der Waals surface area contributed by atoms with Gasteiger partial charge >= 0.3 is 0 Å². The summed E-state index contributed by atoms with van der Waals surface area (Å²) in [5.74, 6) is 0.307. The quantitative estimate of drug-likeness (QED) is 0.845. The van der Waals surface area contributed by atoms with Crippen LogP contribution in [0, 0.1) is 13.8 Å². The van der Waals surface area contributed by atoms with Crippen LogP contribution in [0.3, 0.4) is 0 Å². The summed E-state index contributed by atoms with van der Waals surface area (Å²) in [7, 11) is 1.65. The van der Waals surface area contributed by atoms with Crippen LogP contribution in [0.1, 0.15) is 43.0 Å². The Morgan fingerprint density at radius 2 is 1.60 bits per heavy atom. The summed E-state index contributed by atoms with van der Waals surface area (Å²) >= 11 is 0. The summed E-state index contributed by atoms with van der Waals surface area (Å²) in [6, 6.07) is 18.1. The van der Waals surface area contributed by atoms with Crippen molar-refractivity contribution in [3.05, 3.63) is 71.3 Å². The molecule has 0 fully saturated rings. The van der Waals surface area contributed by atoms with Gasteiger partial charge in [-0.1, -0.05) is 79.6 Å². The summed E-state index contributed by atoms with van der Waals surface area (Å²) < 4.78 is 0. The van der Waals surface area contributed by atoms with Crippen molar-refractivity contribution < 1.29 is 4.79 Å². The first-order valence-electron chi connectivity index (χ1n) is 8.65. The number of aliphatic imine (C=N–C) groups is 1. The van der Waals surface area contributed by atoms with Gasteiger partial charge in [-0.3, -0.25) is 9.69 Å². The fourth-order valence-corrected chi connectivity index (χ4v) is 2.33. The molecule has 0 radical (unpaired) electrons. The smallest absolute Gasteiger partial charge is 0.231 e. The van der Waals surface area contributed by atoms with Crippen LogP contribution in [-0.2, 0) is 4.79 Å². The Hall–Kier alpha value is -2.62. The van der Waals surface area contributed by atoms with Crippen LogP contribution in [0.15, 0.2) is 59.6 Å². The zero-order valence-corrected chi connectivity index (χ0v) is 15.9. The number of nitrogens with zero attached hydrogens (tertiary/aromatic N) is 2. The molecule has 1 amide bonds. The Labute approximate surface area is 151 Å². The van der Waals surface area contributed by atoms with Gasteiger partial charge in [0.15, 0.2) is 5.96 Å². The Balaban J connectivity index is 0.000000290. The van der Waals surface area contributed by atoms with E-state index >= 15 is 0 Å². The van der Waals surface area contributed by atoms with E-state index in [1.165, 1.54) is 10.5 Å². The average molecular weight is 339 g/mol. The second-order valence-electron chi connectivity index (χ2n) is 5.73. The Bertz CT molecular complexity index is 695. The molecular weight excluding hydrogens is 310 g/mol. The van der Waals surface area contributed by atoms with Crippen molar-refractivity contribution in [1.29, 1.82) is 0 Å². The Morgan fingerprint density at radius 3 is 2.08 bits per heavy atom. The highest BCUT2D eigenvalue weighted by molar-refractivity contribution is 5.98. The van der Waals surface area contributed by atoms with E-state index in [2.05, 4.69) is 24.0 Å². The maximum Gasteiger partial charge on any atom is 0.231 e. The summed E-state index contributed by atoms with van der Waals surface area (Å²) in [6.07, 6.45) is 0.390. The maximum absolute atomic E-state index is 11.6. The highest BCUT2D eigenvalue weighted by atomic mass is 16.2. The van der Waals surface area contributed by atoms with Gasteiger partial charge in [-0.2, -0.15) is 0 Å². The third-order valence-corrected chi connectivity index (χ3v) is 3.74. The normalized spacial score (nSPS) is 16.0. The lowest BCUT2D eigenvalue weighted by molar-refractivity contribution is -0.127. The standard InChI is InChI=1S/C12H15N3O.C7H8.C2H6/c1-8-4-3-5-9(6-8)10-7-11(16)15(2)12(13)14-10;1-7-5-3-2-4-6-7;1-2/h3-6,10H,7H2,1-2H3,(H2,13,14);2-6H,1H3;1-2H3. The minimum atomic E-state index is -0.136. The van der Waals surface area contributed by atoms with E-state index in [0.717, 1.165) is 11.1 Å². The predicted octanol–water partition coefficient (Wildman–Crippen LogP) is 4.23. The number of hydrogen-bond acceptors (Lipinski definition) is 3. The molecule has 0 aliphatic carbocycles. The van der Waals surface area contributed by atoms with Crippen LogP contribution >= 0.6 is 0 Å². The lowest BCUT2D eigenvalue weighted by Gasteiger charge is -2.25. The molecule has 1 atom stereocenters. The van der Waals surface area contributed by atoms with Gasteiger partial charge in [-0.25, -0.2) is 4.99 Å². The van der Waals surface area contributed by atoms with Crippen molar-refractivity contribution in [1.82, 2.24) is 4.90 Å². The molecule has 25 heavy (non-hydrogen) atoms. The summed E-state index contributed by atoms with van der Waals surface area (Å²) in [4.78, 5) is 17.4. The monoisotopic (exact) mass is 339 g/mol. The van der Waals surface area contributed by atoms with Gasteiger partial charge in [0.05, 0.1) is 12.5 Å². The van der Waals surface area contributed by atoms with Crippen LogP contribution in [0.4, 0.5) is 0 Å². The Morgan fingerprint density at radius 1 is 1.00 bits per heavy atom. The fraction of sp³-hybridized carbons (Fsp3) is 0.333. The molecule has 1 aliphatic rings. The summed E-state index contributed by atoms with van der Waals surface area (Å²) in [5.41, 5.74) is 9.22. The number of benzene rings is 2. The molecule has 0 bridgehead atoms. The minimum Gasteiger partial charge on any atom is -0.369 e. The molecule has 0 spiro atoms. The highest BCUT2D eigenvalue weighted by Crippen LogP contribution is 2.25. The zero-order valence-electron chi connectivity index (χ0n) is 15.9. The SMILES string of the molecule is CC.Cc1cccc(C2CC(=O)N(C)C(N)=N2)c1.Cc1ccccc1. The molecule has 4 heteroatoms. The van der Waals surface area contributed by atoms with Gasteiger partial charge < -0.3 is 5.73 Å². The summed E-state index contributed by atoms with van der Waals surface area (Å²) in [5, 5.41) is 0. The van der Waals surface area contributed by atoms with Crippen molar-refractivity contribution in [3.8, 4) is 0 Å². The van der Waals surface area contributed by atoms with Gasteiger partial charge in [0.1, 0.15) is 0 Å². The largest absolute Gasteiger partial charge is 0.369 e. The molecule has 1 unspecified atom stereocenters. The molecule has 0 saturated carbocycles. The number of hydrogen-bond donors (Lipinski definition) is 1. The zero-order chi connectivity index (χ0) is 18.8. The number of amides is 1. The Kier molecular flexibility index (Phi) is 8.40. The van der Waals surface area contributed by atoms with Crippen molar-refractivity contribution in [3.63, 3.8) is 0 Å². The van der Waals surface area contributed by atoms with Crippen molar-refractivity contribution >= 4 is 11.9 Å². The van der Waals surface area contributed by atoms with Crippen LogP contribution < -0.4 is 5.73 Å². The molecule has 134 valence electrons. The van der Waals surface area contributed by atoms with Crippen LogP contribution in [0.25, 0.3) is 0 Å². The number of guanidine groups is 1. The highest BCUT2D eigenvalue weighted by Gasteiger charge is 2.25. The number of nitrogens with two attached hydrogens (primary N) is 1. The minimum absolute atomic E-state index is 0.0130. The van der Waals surface area contributed by atoms with Crippen molar-refractivity contribution in [2.24, 2.45) is 10.7 Å². The number of rotatable bonds is 1.